The Morgan fingerprint density at radius 3 is 2.90 bits per heavy atom. The molecule has 0 radical (unpaired) electrons. The second-order valence-electron chi connectivity index (χ2n) is 4.18. The van der Waals surface area contributed by atoms with Gasteiger partial charge in [-0.05, 0) is 25.1 Å². The van der Waals surface area contributed by atoms with Gasteiger partial charge in [0, 0.05) is 5.02 Å². The fraction of sp³-hybridized carbons (Fsp3) is 0.333. The number of benzene rings is 1. The second-order valence-corrected chi connectivity index (χ2v) is 5.91. The number of carbonyl (C=O) groups excluding carboxylic acids is 1. The smallest absolute Gasteiger partial charge is 0.405 e. The zero-order valence-corrected chi connectivity index (χ0v) is 12.3. The highest BCUT2D eigenvalue weighted by Gasteiger charge is 2.29. The fourth-order valence-corrected chi connectivity index (χ4v) is 2.41. The zero-order chi connectivity index (χ0) is 15.6. The molecule has 0 aliphatic carbocycles. The number of thioether (sulfide) groups is 1. The minimum atomic E-state index is -4.44. The summed E-state index contributed by atoms with van der Waals surface area (Å²) < 4.78 is 41.4. The Hall–Kier alpha value is -1.41. The summed E-state index contributed by atoms with van der Waals surface area (Å²) in [7, 11) is 0. The van der Waals surface area contributed by atoms with E-state index in [0.717, 1.165) is 11.8 Å². The van der Waals surface area contributed by atoms with Crippen LogP contribution in [0.1, 0.15) is 6.92 Å². The summed E-state index contributed by atoms with van der Waals surface area (Å²) in [4.78, 5) is 15.7. The van der Waals surface area contributed by atoms with E-state index in [2.05, 4.69) is 4.98 Å². The summed E-state index contributed by atoms with van der Waals surface area (Å²) in [6.07, 6.45) is -4.44. The molecule has 0 aliphatic rings. The molecule has 1 aromatic carbocycles. The summed E-state index contributed by atoms with van der Waals surface area (Å²) in [5, 5.41) is 1.73. The molecule has 0 spiro atoms. The number of rotatable bonds is 4. The van der Waals surface area contributed by atoms with E-state index in [1.54, 1.807) is 18.2 Å². The molecule has 1 unspecified atom stereocenters. The van der Waals surface area contributed by atoms with Gasteiger partial charge in [0.1, 0.15) is 12.1 Å². The number of amides is 1. The predicted molar refractivity (Wildman–Crippen MR) is 73.4 cm³/mol. The van der Waals surface area contributed by atoms with Gasteiger partial charge in [0.15, 0.2) is 5.58 Å². The predicted octanol–water partition coefficient (Wildman–Crippen LogP) is 3.64. The molecular formula is C12H10ClF3N2O2S. The lowest BCUT2D eigenvalue weighted by Crippen LogP contribution is -2.37. The second kappa shape index (κ2) is 6.15. The maximum atomic E-state index is 12.0. The van der Waals surface area contributed by atoms with Gasteiger partial charge < -0.3 is 9.73 Å². The average molecular weight is 339 g/mol. The maximum Gasteiger partial charge on any atom is 0.405 e. The van der Waals surface area contributed by atoms with Crippen molar-refractivity contribution < 1.29 is 22.4 Å². The maximum absolute atomic E-state index is 12.0. The Balaban J connectivity index is 2.00. The highest BCUT2D eigenvalue weighted by Crippen LogP contribution is 2.28. The Bertz CT molecular complexity index is 659. The highest BCUT2D eigenvalue weighted by molar-refractivity contribution is 8.00. The molecular weight excluding hydrogens is 329 g/mol. The molecule has 1 atom stereocenters. The number of hydrogen-bond donors (Lipinski definition) is 1. The SMILES string of the molecule is CC(Sc1nc2cc(Cl)ccc2o1)C(=O)NCC(F)(F)F. The first-order valence-corrected chi connectivity index (χ1v) is 7.07. The number of oxazole rings is 1. The molecule has 1 amide bonds. The van der Waals surface area contributed by atoms with Gasteiger partial charge in [-0.1, -0.05) is 23.4 Å². The standard InChI is InChI=1S/C12H10ClF3N2O2S/c1-6(10(19)17-5-12(14,15)16)21-11-18-8-4-7(13)2-3-9(8)20-11/h2-4,6H,5H2,1H3,(H,17,19). The minimum absolute atomic E-state index is 0.196. The normalized spacial score (nSPS) is 13.4. The van der Waals surface area contributed by atoms with E-state index in [4.69, 9.17) is 16.0 Å². The van der Waals surface area contributed by atoms with Crippen LogP contribution in [0.5, 0.6) is 0 Å². The van der Waals surface area contributed by atoms with Crippen LogP contribution in [-0.2, 0) is 4.79 Å². The zero-order valence-electron chi connectivity index (χ0n) is 10.7. The van der Waals surface area contributed by atoms with Crippen molar-refractivity contribution in [2.24, 2.45) is 0 Å². The summed E-state index contributed by atoms with van der Waals surface area (Å²) in [5.41, 5.74) is 1.01. The molecule has 1 aromatic heterocycles. The van der Waals surface area contributed by atoms with Crippen LogP contribution in [-0.4, -0.2) is 28.9 Å². The van der Waals surface area contributed by atoms with E-state index in [1.165, 1.54) is 6.92 Å². The third kappa shape index (κ3) is 4.53. The average Bonchev–Trinajstić information content (AvgIpc) is 2.76. The molecule has 9 heteroatoms. The Kier molecular flexibility index (Phi) is 4.67. The lowest BCUT2D eigenvalue weighted by Gasteiger charge is -2.11. The van der Waals surface area contributed by atoms with Crippen molar-refractivity contribution in [2.75, 3.05) is 6.54 Å². The molecule has 0 saturated carbocycles. The third-order valence-electron chi connectivity index (χ3n) is 2.44. The lowest BCUT2D eigenvalue weighted by molar-refractivity contribution is -0.137. The van der Waals surface area contributed by atoms with Crippen LogP contribution in [0, 0.1) is 0 Å². The summed E-state index contributed by atoms with van der Waals surface area (Å²) >= 11 is 6.74. The molecule has 0 fully saturated rings. The fourth-order valence-electron chi connectivity index (χ4n) is 1.47. The summed E-state index contributed by atoms with van der Waals surface area (Å²) in [5.74, 6) is -0.738. The van der Waals surface area contributed by atoms with Gasteiger partial charge in [-0.15, -0.1) is 0 Å². The molecule has 0 saturated heterocycles. The van der Waals surface area contributed by atoms with Gasteiger partial charge >= 0.3 is 6.18 Å². The number of halogens is 4. The van der Waals surface area contributed by atoms with Gasteiger partial charge in [0.2, 0.25) is 5.91 Å². The quantitative estimate of drug-likeness (QED) is 0.865. The largest absolute Gasteiger partial charge is 0.431 e. The number of aromatic nitrogens is 1. The number of nitrogens with zero attached hydrogens (tertiary/aromatic N) is 1. The van der Waals surface area contributed by atoms with Gasteiger partial charge in [-0.3, -0.25) is 4.79 Å². The van der Waals surface area contributed by atoms with Crippen LogP contribution >= 0.6 is 23.4 Å². The van der Waals surface area contributed by atoms with Crippen LogP contribution in [0.4, 0.5) is 13.2 Å². The van der Waals surface area contributed by atoms with Crippen molar-refractivity contribution >= 4 is 40.4 Å². The molecule has 114 valence electrons. The first-order chi connectivity index (χ1) is 9.74. The van der Waals surface area contributed by atoms with E-state index < -0.39 is 23.9 Å². The van der Waals surface area contributed by atoms with Crippen molar-refractivity contribution in [1.82, 2.24) is 10.3 Å². The molecule has 1 heterocycles. The molecule has 4 nitrogen and oxygen atoms in total. The molecule has 2 rings (SSSR count). The topological polar surface area (TPSA) is 55.1 Å². The van der Waals surface area contributed by atoms with Crippen molar-refractivity contribution in [2.45, 2.75) is 23.6 Å². The number of alkyl halides is 3. The summed E-state index contributed by atoms with van der Waals surface area (Å²) in [6, 6.07) is 4.85. The Morgan fingerprint density at radius 1 is 1.52 bits per heavy atom. The van der Waals surface area contributed by atoms with E-state index in [9.17, 15) is 18.0 Å². The molecule has 2 aromatic rings. The summed E-state index contributed by atoms with van der Waals surface area (Å²) in [6.45, 7) is 0.109. The van der Waals surface area contributed by atoms with Gasteiger partial charge in [0.05, 0.1) is 5.25 Å². The van der Waals surface area contributed by atoms with E-state index in [0.29, 0.717) is 16.1 Å². The van der Waals surface area contributed by atoms with Gasteiger partial charge in [0.25, 0.3) is 5.22 Å². The number of fused-ring (bicyclic) bond motifs is 1. The van der Waals surface area contributed by atoms with E-state index >= 15 is 0 Å². The van der Waals surface area contributed by atoms with Crippen molar-refractivity contribution in [1.29, 1.82) is 0 Å². The number of hydrogen-bond acceptors (Lipinski definition) is 4. The Morgan fingerprint density at radius 2 is 2.24 bits per heavy atom. The molecule has 0 bridgehead atoms. The lowest BCUT2D eigenvalue weighted by atomic mass is 10.3. The Labute approximate surface area is 127 Å². The number of nitrogens with one attached hydrogen (secondary N) is 1. The van der Waals surface area contributed by atoms with E-state index in [-0.39, 0.29) is 5.22 Å². The van der Waals surface area contributed by atoms with Gasteiger partial charge in [-0.25, -0.2) is 4.98 Å². The van der Waals surface area contributed by atoms with Crippen LogP contribution in [0.25, 0.3) is 11.1 Å². The minimum Gasteiger partial charge on any atom is -0.431 e. The monoisotopic (exact) mass is 338 g/mol. The van der Waals surface area contributed by atoms with Crippen molar-refractivity contribution in [3.8, 4) is 0 Å². The first kappa shape index (κ1) is 16.0. The molecule has 0 aliphatic heterocycles. The van der Waals surface area contributed by atoms with E-state index in [1.807, 2.05) is 5.32 Å². The third-order valence-corrected chi connectivity index (χ3v) is 3.62. The first-order valence-electron chi connectivity index (χ1n) is 5.82. The van der Waals surface area contributed by atoms with Crippen LogP contribution in [0.15, 0.2) is 27.8 Å². The van der Waals surface area contributed by atoms with Crippen LogP contribution in [0.2, 0.25) is 5.02 Å². The van der Waals surface area contributed by atoms with Crippen molar-refractivity contribution in [3.05, 3.63) is 23.2 Å². The van der Waals surface area contributed by atoms with Crippen LogP contribution in [0.3, 0.4) is 0 Å². The highest BCUT2D eigenvalue weighted by atomic mass is 35.5. The van der Waals surface area contributed by atoms with Crippen LogP contribution < -0.4 is 5.32 Å². The molecule has 1 N–H and O–H groups in total. The number of carbonyl (C=O) groups is 1. The molecule has 21 heavy (non-hydrogen) atoms. The van der Waals surface area contributed by atoms with Gasteiger partial charge in [-0.2, -0.15) is 13.2 Å². The van der Waals surface area contributed by atoms with Crippen molar-refractivity contribution in [3.63, 3.8) is 0 Å².